The first-order valence-electron chi connectivity index (χ1n) is 12.5. The molecule has 6 nitrogen and oxygen atoms in total. The highest BCUT2D eigenvalue weighted by Gasteiger charge is 2.15. The third-order valence-corrected chi connectivity index (χ3v) is 6.41. The van der Waals surface area contributed by atoms with E-state index < -0.39 is 5.97 Å². The Bertz CT molecular complexity index is 1430. The summed E-state index contributed by atoms with van der Waals surface area (Å²) in [5.74, 6) is 0.704. The molecule has 0 unspecified atom stereocenters. The van der Waals surface area contributed by atoms with E-state index >= 15 is 0 Å². The van der Waals surface area contributed by atoms with E-state index in [-0.39, 0.29) is 19.0 Å². The smallest absolute Gasteiger partial charge is 0.344 e. The van der Waals surface area contributed by atoms with Gasteiger partial charge >= 0.3 is 5.97 Å². The molecule has 0 heterocycles. The predicted octanol–water partition coefficient (Wildman–Crippen LogP) is 7.31. The highest BCUT2D eigenvalue weighted by molar-refractivity contribution is 6.32. The molecule has 0 aliphatic rings. The molecular formula is C31H30ClFN2O4. The second-order valence-corrected chi connectivity index (χ2v) is 9.28. The maximum Gasteiger partial charge on any atom is 0.344 e. The Kier molecular flexibility index (Phi) is 9.28. The number of nitrogens with zero attached hydrogens (tertiary/aromatic N) is 1. The van der Waals surface area contributed by atoms with Gasteiger partial charge in [0.1, 0.15) is 23.1 Å². The number of anilines is 2. The molecule has 0 bridgehead atoms. The monoisotopic (exact) mass is 548 g/mol. The number of benzene rings is 4. The number of esters is 1. The molecule has 0 saturated heterocycles. The molecule has 202 valence electrons. The molecule has 2 N–H and O–H groups in total. The number of rotatable bonds is 11. The molecule has 4 aromatic carbocycles. The summed E-state index contributed by atoms with van der Waals surface area (Å²) >= 11 is 6.20. The van der Waals surface area contributed by atoms with Crippen molar-refractivity contribution in [2.24, 2.45) is 0 Å². The number of ether oxygens (including phenoxy) is 3. The fourth-order valence-corrected chi connectivity index (χ4v) is 4.23. The predicted molar refractivity (Wildman–Crippen MR) is 152 cm³/mol. The average molecular weight is 549 g/mol. The van der Waals surface area contributed by atoms with Crippen LogP contribution in [0.15, 0.2) is 84.9 Å². The van der Waals surface area contributed by atoms with Gasteiger partial charge in [0.2, 0.25) is 0 Å². The summed E-state index contributed by atoms with van der Waals surface area (Å²) in [5, 5.41) is 0.355. The molecule has 4 aromatic rings. The highest BCUT2D eigenvalue weighted by Crippen LogP contribution is 2.32. The van der Waals surface area contributed by atoms with Gasteiger partial charge in [-0.25, -0.2) is 9.18 Å². The zero-order chi connectivity index (χ0) is 27.8. The molecule has 0 atom stereocenters. The van der Waals surface area contributed by atoms with E-state index in [0.29, 0.717) is 46.6 Å². The average Bonchev–Trinajstić information content (AvgIpc) is 2.92. The van der Waals surface area contributed by atoms with Crippen LogP contribution in [0.3, 0.4) is 0 Å². The van der Waals surface area contributed by atoms with Crippen LogP contribution in [0.2, 0.25) is 5.02 Å². The Hall–Kier alpha value is -4.23. The third kappa shape index (κ3) is 7.42. The van der Waals surface area contributed by atoms with E-state index in [2.05, 4.69) is 4.90 Å². The Balaban J connectivity index is 1.49. The summed E-state index contributed by atoms with van der Waals surface area (Å²) < 4.78 is 30.9. The van der Waals surface area contributed by atoms with E-state index in [1.807, 2.05) is 55.5 Å². The Morgan fingerprint density at radius 1 is 0.949 bits per heavy atom. The molecule has 0 radical (unpaired) electrons. The molecule has 8 heteroatoms. The number of hydrogen-bond donors (Lipinski definition) is 1. The van der Waals surface area contributed by atoms with Gasteiger partial charge in [0.05, 0.1) is 11.6 Å². The van der Waals surface area contributed by atoms with Gasteiger partial charge in [-0.3, -0.25) is 0 Å². The van der Waals surface area contributed by atoms with Crippen LogP contribution in [-0.2, 0) is 22.6 Å². The van der Waals surface area contributed by atoms with Crippen molar-refractivity contribution < 1.29 is 23.4 Å². The van der Waals surface area contributed by atoms with Crippen molar-refractivity contribution >= 4 is 28.9 Å². The first-order chi connectivity index (χ1) is 18.8. The number of carbonyl (C=O) groups is 1. The molecule has 4 rings (SSSR count). The lowest BCUT2D eigenvalue weighted by Gasteiger charge is -2.27. The van der Waals surface area contributed by atoms with Gasteiger partial charge in [-0.1, -0.05) is 48.0 Å². The van der Waals surface area contributed by atoms with E-state index in [1.54, 1.807) is 37.3 Å². The molecular weight excluding hydrogens is 519 g/mol. The van der Waals surface area contributed by atoms with Crippen LogP contribution in [0.1, 0.15) is 23.6 Å². The van der Waals surface area contributed by atoms with Gasteiger partial charge in [0, 0.05) is 36.1 Å². The normalized spacial score (nSPS) is 10.7. The van der Waals surface area contributed by atoms with Crippen LogP contribution in [0.4, 0.5) is 15.8 Å². The zero-order valence-corrected chi connectivity index (χ0v) is 22.6. The summed E-state index contributed by atoms with van der Waals surface area (Å²) in [6, 6.07) is 25.1. The molecule has 0 spiro atoms. The van der Waals surface area contributed by atoms with Crippen molar-refractivity contribution in [1.82, 2.24) is 0 Å². The lowest BCUT2D eigenvalue weighted by Crippen LogP contribution is -2.23. The molecule has 0 amide bonds. The molecule has 0 aromatic heterocycles. The van der Waals surface area contributed by atoms with Crippen molar-refractivity contribution in [3.63, 3.8) is 0 Å². The van der Waals surface area contributed by atoms with E-state index in [0.717, 1.165) is 16.8 Å². The maximum atomic E-state index is 14.5. The Labute approximate surface area is 232 Å². The second kappa shape index (κ2) is 13.0. The van der Waals surface area contributed by atoms with Crippen LogP contribution in [0, 0.1) is 12.7 Å². The third-order valence-electron chi connectivity index (χ3n) is 6.09. The first-order valence-corrected chi connectivity index (χ1v) is 12.9. The highest BCUT2D eigenvalue weighted by atomic mass is 35.5. The minimum atomic E-state index is -0.479. The van der Waals surface area contributed by atoms with E-state index in [4.69, 9.17) is 31.5 Å². The summed E-state index contributed by atoms with van der Waals surface area (Å²) in [6.07, 6.45) is 0. The molecule has 0 fully saturated rings. The van der Waals surface area contributed by atoms with Crippen molar-refractivity contribution in [3.05, 3.63) is 112 Å². The lowest BCUT2D eigenvalue weighted by molar-refractivity contribution is -0.145. The van der Waals surface area contributed by atoms with Crippen molar-refractivity contribution in [1.29, 1.82) is 0 Å². The van der Waals surface area contributed by atoms with E-state index in [1.165, 1.54) is 6.07 Å². The van der Waals surface area contributed by atoms with Crippen LogP contribution in [-0.4, -0.2) is 19.2 Å². The van der Waals surface area contributed by atoms with Crippen molar-refractivity contribution in [2.45, 2.75) is 26.9 Å². The quantitative estimate of drug-likeness (QED) is 0.156. The molecule has 0 aliphatic carbocycles. The minimum Gasteiger partial charge on any atom is -0.480 e. The topological polar surface area (TPSA) is 74.0 Å². The van der Waals surface area contributed by atoms with Gasteiger partial charge < -0.3 is 24.8 Å². The second-order valence-electron chi connectivity index (χ2n) is 8.87. The largest absolute Gasteiger partial charge is 0.480 e. The number of halogens is 2. The summed E-state index contributed by atoms with van der Waals surface area (Å²) in [6.45, 7) is 4.63. The molecule has 39 heavy (non-hydrogen) atoms. The molecule has 0 saturated carbocycles. The van der Waals surface area contributed by atoms with Gasteiger partial charge in [-0.15, -0.1) is 0 Å². The van der Waals surface area contributed by atoms with Gasteiger partial charge in [-0.05, 0) is 67.4 Å². The van der Waals surface area contributed by atoms with Gasteiger partial charge in [-0.2, -0.15) is 0 Å². The zero-order valence-electron chi connectivity index (χ0n) is 21.8. The van der Waals surface area contributed by atoms with E-state index in [9.17, 15) is 9.18 Å². The van der Waals surface area contributed by atoms with Crippen molar-refractivity contribution in [3.8, 4) is 17.2 Å². The standard InChI is InChI=1S/C31H30ClFN2O4/c1-3-37-31(36)20-38-30-17-25(15-16-26(30)32)39-24-13-11-22(12-14-24)18-35(19-23-7-4-5-8-27(23)33)29-10-6-9-28(34)21(29)2/h4-17H,3,18-20,34H2,1-2H3. The number of carbonyl (C=O) groups excluding carboxylic acids is 1. The van der Waals surface area contributed by atoms with Crippen LogP contribution in [0.5, 0.6) is 17.2 Å². The fourth-order valence-electron chi connectivity index (χ4n) is 4.06. The number of hydrogen-bond acceptors (Lipinski definition) is 6. The van der Waals surface area contributed by atoms with Crippen LogP contribution in [0.25, 0.3) is 0 Å². The Morgan fingerprint density at radius 2 is 1.69 bits per heavy atom. The first kappa shape index (κ1) is 27.8. The van der Waals surface area contributed by atoms with Crippen LogP contribution < -0.4 is 20.1 Å². The van der Waals surface area contributed by atoms with Gasteiger partial charge in [0.15, 0.2) is 6.61 Å². The van der Waals surface area contributed by atoms with Gasteiger partial charge in [0.25, 0.3) is 0 Å². The fraction of sp³-hybridized carbons (Fsp3) is 0.194. The SMILES string of the molecule is CCOC(=O)COc1cc(Oc2ccc(CN(Cc3ccccc3F)c3cccc(N)c3C)cc2)ccc1Cl. The summed E-state index contributed by atoms with van der Waals surface area (Å²) in [7, 11) is 0. The lowest BCUT2D eigenvalue weighted by atomic mass is 10.1. The number of nitrogens with two attached hydrogens (primary N) is 1. The summed E-state index contributed by atoms with van der Waals surface area (Å²) in [5.41, 5.74) is 10.4. The molecule has 0 aliphatic heterocycles. The van der Waals surface area contributed by atoms with Crippen LogP contribution >= 0.6 is 11.6 Å². The van der Waals surface area contributed by atoms with Crippen molar-refractivity contribution in [2.75, 3.05) is 23.8 Å². The summed E-state index contributed by atoms with van der Waals surface area (Å²) in [4.78, 5) is 13.7. The minimum absolute atomic E-state index is 0.248. The number of nitrogen functional groups attached to an aromatic ring is 1. The Morgan fingerprint density at radius 3 is 2.44 bits per heavy atom. The maximum absolute atomic E-state index is 14.5.